The fourth-order valence-electron chi connectivity index (χ4n) is 1.68. The Morgan fingerprint density at radius 3 is 2.84 bits per heavy atom. The van der Waals surface area contributed by atoms with Crippen LogP contribution in [0.5, 0.6) is 5.75 Å². The Hall–Kier alpha value is -2.41. The standard InChI is InChI=1S/C12H13N3O4/c1-18-7-10-11(12(16)17)13-14-15(10)8-4-3-5-9(6-8)19-2/h3-6H,7H2,1-2H3,(H,16,17). The summed E-state index contributed by atoms with van der Waals surface area (Å²) in [5.41, 5.74) is 0.916. The van der Waals surface area contributed by atoms with E-state index in [1.807, 2.05) is 0 Å². The normalized spacial score (nSPS) is 10.4. The second kappa shape index (κ2) is 5.49. The topological polar surface area (TPSA) is 86.5 Å². The summed E-state index contributed by atoms with van der Waals surface area (Å²) in [4.78, 5) is 11.1. The van der Waals surface area contributed by atoms with Crippen LogP contribution in [0, 0.1) is 0 Å². The highest BCUT2D eigenvalue weighted by Crippen LogP contribution is 2.19. The number of rotatable bonds is 5. The SMILES string of the molecule is COCc1c(C(=O)O)nnn1-c1cccc(OC)c1. The summed E-state index contributed by atoms with van der Waals surface area (Å²) >= 11 is 0. The Labute approximate surface area is 109 Å². The molecule has 1 heterocycles. The number of carboxylic acids is 1. The Kier molecular flexibility index (Phi) is 3.76. The number of hydrogen-bond acceptors (Lipinski definition) is 5. The van der Waals surface area contributed by atoms with Crippen LogP contribution in [-0.2, 0) is 11.3 Å². The van der Waals surface area contributed by atoms with Gasteiger partial charge in [0.25, 0.3) is 0 Å². The molecule has 0 fully saturated rings. The molecule has 0 aliphatic rings. The summed E-state index contributed by atoms with van der Waals surface area (Å²) in [5.74, 6) is -0.491. The van der Waals surface area contributed by atoms with Crippen LogP contribution in [0.1, 0.15) is 16.2 Å². The number of hydrogen-bond donors (Lipinski definition) is 1. The molecule has 0 atom stereocenters. The van der Waals surface area contributed by atoms with Crippen molar-refractivity contribution in [2.75, 3.05) is 14.2 Å². The molecular weight excluding hydrogens is 250 g/mol. The van der Waals surface area contributed by atoms with Gasteiger partial charge in [-0.05, 0) is 12.1 Å². The van der Waals surface area contributed by atoms with Gasteiger partial charge in [0.05, 0.1) is 19.4 Å². The lowest BCUT2D eigenvalue weighted by Crippen LogP contribution is -2.08. The van der Waals surface area contributed by atoms with Gasteiger partial charge in [-0.2, -0.15) is 0 Å². The molecule has 0 aliphatic carbocycles. The molecule has 0 radical (unpaired) electrons. The van der Waals surface area contributed by atoms with Crippen molar-refractivity contribution >= 4 is 5.97 Å². The van der Waals surface area contributed by atoms with E-state index in [-0.39, 0.29) is 12.3 Å². The molecule has 19 heavy (non-hydrogen) atoms. The van der Waals surface area contributed by atoms with Gasteiger partial charge in [-0.15, -0.1) is 5.10 Å². The highest BCUT2D eigenvalue weighted by atomic mass is 16.5. The largest absolute Gasteiger partial charge is 0.497 e. The predicted molar refractivity (Wildman–Crippen MR) is 65.6 cm³/mol. The van der Waals surface area contributed by atoms with Crippen molar-refractivity contribution in [2.45, 2.75) is 6.61 Å². The highest BCUT2D eigenvalue weighted by Gasteiger charge is 2.19. The van der Waals surface area contributed by atoms with E-state index in [0.29, 0.717) is 17.1 Å². The molecule has 1 aromatic heterocycles. The molecule has 7 nitrogen and oxygen atoms in total. The maximum atomic E-state index is 11.1. The first-order valence-corrected chi connectivity index (χ1v) is 5.48. The van der Waals surface area contributed by atoms with Crippen molar-refractivity contribution in [2.24, 2.45) is 0 Å². The Morgan fingerprint density at radius 1 is 1.42 bits per heavy atom. The average molecular weight is 263 g/mol. The molecule has 100 valence electrons. The number of carbonyl (C=O) groups is 1. The lowest BCUT2D eigenvalue weighted by molar-refractivity contribution is 0.0685. The third-order valence-electron chi connectivity index (χ3n) is 2.54. The predicted octanol–water partition coefficient (Wildman–Crippen LogP) is 1.12. The first-order chi connectivity index (χ1) is 9.17. The van der Waals surface area contributed by atoms with Gasteiger partial charge in [0.1, 0.15) is 11.4 Å². The van der Waals surface area contributed by atoms with E-state index >= 15 is 0 Å². The first-order valence-electron chi connectivity index (χ1n) is 5.48. The van der Waals surface area contributed by atoms with E-state index in [1.54, 1.807) is 31.4 Å². The fourth-order valence-corrected chi connectivity index (χ4v) is 1.68. The summed E-state index contributed by atoms with van der Waals surface area (Å²) in [6.45, 7) is 0.103. The molecule has 1 aromatic carbocycles. The number of benzene rings is 1. The van der Waals surface area contributed by atoms with Crippen LogP contribution in [0.25, 0.3) is 5.69 Å². The molecule has 7 heteroatoms. The molecule has 0 unspecified atom stereocenters. The second-order valence-corrected chi connectivity index (χ2v) is 3.74. The van der Waals surface area contributed by atoms with E-state index in [4.69, 9.17) is 14.6 Å². The van der Waals surface area contributed by atoms with E-state index in [9.17, 15) is 4.79 Å². The van der Waals surface area contributed by atoms with Crippen LogP contribution in [0.3, 0.4) is 0 Å². The van der Waals surface area contributed by atoms with Crippen molar-refractivity contribution in [3.8, 4) is 11.4 Å². The summed E-state index contributed by atoms with van der Waals surface area (Å²) in [6, 6.07) is 7.09. The van der Waals surface area contributed by atoms with Gasteiger partial charge in [-0.3, -0.25) is 0 Å². The number of carboxylic acid groups (broad SMARTS) is 1. The second-order valence-electron chi connectivity index (χ2n) is 3.74. The lowest BCUT2D eigenvalue weighted by atomic mass is 10.2. The molecule has 2 rings (SSSR count). The summed E-state index contributed by atoms with van der Waals surface area (Å²) in [7, 11) is 3.04. The fraction of sp³-hybridized carbons (Fsp3) is 0.250. The molecule has 0 amide bonds. The quantitative estimate of drug-likeness (QED) is 0.869. The third-order valence-corrected chi connectivity index (χ3v) is 2.54. The summed E-state index contributed by atoms with van der Waals surface area (Å²) in [5, 5.41) is 16.6. The molecule has 0 saturated heterocycles. The molecule has 1 N–H and O–H groups in total. The maximum absolute atomic E-state index is 11.1. The molecule has 2 aromatic rings. The van der Waals surface area contributed by atoms with E-state index in [2.05, 4.69) is 10.3 Å². The lowest BCUT2D eigenvalue weighted by Gasteiger charge is -2.07. The van der Waals surface area contributed by atoms with Gasteiger partial charge in [-0.25, -0.2) is 9.48 Å². The van der Waals surface area contributed by atoms with E-state index < -0.39 is 5.97 Å². The summed E-state index contributed by atoms with van der Waals surface area (Å²) < 4.78 is 11.5. The van der Waals surface area contributed by atoms with E-state index in [0.717, 1.165) is 0 Å². The number of aromatic nitrogens is 3. The van der Waals surface area contributed by atoms with Gasteiger partial charge < -0.3 is 14.6 Å². The smallest absolute Gasteiger partial charge is 0.358 e. The Balaban J connectivity index is 2.51. The van der Waals surface area contributed by atoms with Gasteiger partial charge in [0.2, 0.25) is 0 Å². The van der Waals surface area contributed by atoms with Crippen LogP contribution in [0.4, 0.5) is 0 Å². The van der Waals surface area contributed by atoms with Crippen molar-refractivity contribution in [3.63, 3.8) is 0 Å². The number of ether oxygens (including phenoxy) is 2. The van der Waals surface area contributed by atoms with Crippen molar-refractivity contribution in [1.82, 2.24) is 15.0 Å². The van der Waals surface area contributed by atoms with E-state index in [1.165, 1.54) is 11.8 Å². The monoisotopic (exact) mass is 263 g/mol. The zero-order valence-corrected chi connectivity index (χ0v) is 10.5. The number of aromatic carboxylic acids is 1. The van der Waals surface area contributed by atoms with Gasteiger partial charge in [0.15, 0.2) is 5.69 Å². The molecule has 0 saturated carbocycles. The first kappa shape index (κ1) is 13.0. The Bertz CT molecular complexity index is 594. The molecular formula is C12H13N3O4. The minimum absolute atomic E-state index is 0.103. The van der Waals surface area contributed by atoms with Crippen LogP contribution in [-0.4, -0.2) is 40.3 Å². The van der Waals surface area contributed by atoms with Crippen LogP contribution in [0.15, 0.2) is 24.3 Å². The molecule has 0 aliphatic heterocycles. The molecule has 0 spiro atoms. The van der Waals surface area contributed by atoms with Crippen molar-refractivity contribution < 1.29 is 19.4 Å². The van der Waals surface area contributed by atoms with Gasteiger partial charge in [-0.1, -0.05) is 11.3 Å². The molecule has 0 bridgehead atoms. The van der Waals surface area contributed by atoms with Crippen LogP contribution >= 0.6 is 0 Å². The van der Waals surface area contributed by atoms with Gasteiger partial charge in [0, 0.05) is 13.2 Å². The Morgan fingerprint density at radius 2 is 2.21 bits per heavy atom. The van der Waals surface area contributed by atoms with Crippen LogP contribution in [0.2, 0.25) is 0 Å². The van der Waals surface area contributed by atoms with Crippen molar-refractivity contribution in [1.29, 1.82) is 0 Å². The average Bonchev–Trinajstić information content (AvgIpc) is 2.83. The minimum atomic E-state index is -1.14. The minimum Gasteiger partial charge on any atom is -0.497 e. The number of methoxy groups -OCH3 is 2. The summed E-state index contributed by atoms with van der Waals surface area (Å²) in [6.07, 6.45) is 0. The van der Waals surface area contributed by atoms with Crippen molar-refractivity contribution in [3.05, 3.63) is 35.7 Å². The van der Waals surface area contributed by atoms with Crippen LogP contribution < -0.4 is 4.74 Å². The number of nitrogens with zero attached hydrogens (tertiary/aromatic N) is 3. The van der Waals surface area contributed by atoms with Gasteiger partial charge >= 0.3 is 5.97 Å². The zero-order chi connectivity index (χ0) is 13.8. The zero-order valence-electron chi connectivity index (χ0n) is 10.5. The third kappa shape index (κ3) is 2.55. The highest BCUT2D eigenvalue weighted by molar-refractivity contribution is 5.86. The maximum Gasteiger partial charge on any atom is 0.358 e.